The summed E-state index contributed by atoms with van der Waals surface area (Å²) in [7, 11) is 0. The van der Waals surface area contributed by atoms with Crippen LogP contribution in [0, 0.1) is 0 Å². The van der Waals surface area contributed by atoms with E-state index < -0.39 is 0 Å². The summed E-state index contributed by atoms with van der Waals surface area (Å²) in [6, 6.07) is 11.7. The van der Waals surface area contributed by atoms with Gasteiger partial charge in [-0.05, 0) is 25.1 Å². The molecule has 0 unspecified atom stereocenters. The van der Waals surface area contributed by atoms with E-state index in [9.17, 15) is 0 Å². The van der Waals surface area contributed by atoms with Gasteiger partial charge in [0.15, 0.2) is 5.82 Å². The number of nitrogens with two attached hydrogens (primary N) is 1. The van der Waals surface area contributed by atoms with Gasteiger partial charge in [-0.2, -0.15) is 0 Å². The zero-order valence-electron chi connectivity index (χ0n) is 9.60. The summed E-state index contributed by atoms with van der Waals surface area (Å²) in [6.45, 7) is 2.85. The van der Waals surface area contributed by atoms with Crippen LogP contribution in [0.5, 0.6) is 0 Å². The molecule has 0 aliphatic rings. The second-order valence-corrected chi connectivity index (χ2v) is 4.06. The quantitative estimate of drug-likeness (QED) is 0.903. The molecule has 4 heteroatoms. The van der Waals surface area contributed by atoms with E-state index in [1.807, 2.05) is 35.2 Å². The Labute approximate surface area is 106 Å². The van der Waals surface area contributed by atoms with Gasteiger partial charge in [-0.1, -0.05) is 29.8 Å². The Balaban J connectivity index is 2.42. The average Bonchev–Trinajstić information content (AvgIpc) is 2.34. The molecular formula is C13H14ClN3. The molecule has 0 bridgehead atoms. The third kappa shape index (κ3) is 2.50. The lowest BCUT2D eigenvalue weighted by Gasteiger charge is -2.23. The maximum Gasteiger partial charge on any atom is 0.151 e. The van der Waals surface area contributed by atoms with E-state index in [0.29, 0.717) is 10.7 Å². The van der Waals surface area contributed by atoms with Crippen LogP contribution < -0.4 is 10.6 Å². The molecule has 0 aliphatic carbocycles. The predicted molar refractivity (Wildman–Crippen MR) is 72.8 cm³/mol. The smallest absolute Gasteiger partial charge is 0.151 e. The lowest BCUT2D eigenvalue weighted by Crippen LogP contribution is -2.17. The summed E-state index contributed by atoms with van der Waals surface area (Å²) in [5.41, 5.74) is 7.28. The Morgan fingerprint density at radius 2 is 2.00 bits per heavy atom. The molecule has 0 amide bonds. The van der Waals surface area contributed by atoms with E-state index in [4.69, 9.17) is 17.3 Å². The van der Waals surface area contributed by atoms with Gasteiger partial charge in [-0.3, -0.25) is 0 Å². The van der Waals surface area contributed by atoms with Crippen molar-refractivity contribution in [2.24, 2.45) is 0 Å². The molecule has 88 valence electrons. The standard InChI is InChI=1S/C13H14ClN3/c1-2-17(11-6-4-3-5-7-11)13-12(14)8-10(15)9-16-13/h3-9H,2,15H2,1H3. The molecule has 3 nitrogen and oxygen atoms in total. The lowest BCUT2D eigenvalue weighted by atomic mass is 10.2. The molecule has 0 saturated carbocycles. The number of halogens is 1. The molecule has 0 saturated heterocycles. The number of rotatable bonds is 3. The van der Waals surface area contributed by atoms with Crippen molar-refractivity contribution in [2.75, 3.05) is 17.2 Å². The van der Waals surface area contributed by atoms with Crippen molar-refractivity contribution in [3.8, 4) is 0 Å². The predicted octanol–water partition coefficient (Wildman–Crippen LogP) is 3.48. The fourth-order valence-electron chi connectivity index (χ4n) is 1.71. The van der Waals surface area contributed by atoms with Gasteiger partial charge in [-0.15, -0.1) is 0 Å². The molecule has 2 rings (SSSR count). The molecule has 0 spiro atoms. The minimum atomic E-state index is 0.565. The third-order valence-electron chi connectivity index (χ3n) is 2.48. The first-order valence-corrected chi connectivity index (χ1v) is 5.83. The molecule has 0 radical (unpaired) electrons. The van der Waals surface area contributed by atoms with Crippen LogP contribution in [0.3, 0.4) is 0 Å². The zero-order chi connectivity index (χ0) is 12.3. The Morgan fingerprint density at radius 1 is 1.29 bits per heavy atom. The summed E-state index contributed by atoms with van der Waals surface area (Å²) in [4.78, 5) is 6.34. The Kier molecular flexibility index (Phi) is 3.49. The first-order valence-electron chi connectivity index (χ1n) is 5.46. The van der Waals surface area contributed by atoms with Crippen LogP contribution >= 0.6 is 11.6 Å². The van der Waals surface area contributed by atoms with Crippen LogP contribution in [0.1, 0.15) is 6.92 Å². The first-order chi connectivity index (χ1) is 8.22. The summed E-state index contributed by atoms with van der Waals surface area (Å²) in [5, 5.41) is 0.565. The van der Waals surface area contributed by atoms with Crippen LogP contribution in [0.15, 0.2) is 42.6 Å². The molecule has 0 fully saturated rings. The number of nitrogen functional groups attached to an aromatic ring is 1. The van der Waals surface area contributed by atoms with Crippen LogP contribution in [0.25, 0.3) is 0 Å². The first kappa shape index (κ1) is 11.7. The minimum absolute atomic E-state index is 0.565. The van der Waals surface area contributed by atoms with Gasteiger partial charge in [-0.25, -0.2) is 4.98 Å². The molecular weight excluding hydrogens is 234 g/mol. The lowest BCUT2D eigenvalue weighted by molar-refractivity contribution is 0.991. The van der Waals surface area contributed by atoms with Gasteiger partial charge >= 0.3 is 0 Å². The Bertz CT molecular complexity index is 499. The van der Waals surface area contributed by atoms with Gasteiger partial charge in [0.05, 0.1) is 16.9 Å². The van der Waals surface area contributed by atoms with Crippen molar-refractivity contribution in [3.05, 3.63) is 47.6 Å². The van der Waals surface area contributed by atoms with Crippen molar-refractivity contribution in [2.45, 2.75) is 6.92 Å². The highest BCUT2D eigenvalue weighted by Crippen LogP contribution is 2.30. The summed E-state index contributed by atoms with van der Waals surface area (Å²) < 4.78 is 0. The van der Waals surface area contributed by atoms with Crippen LogP contribution in [0.4, 0.5) is 17.2 Å². The number of aromatic nitrogens is 1. The van der Waals surface area contributed by atoms with Gasteiger partial charge < -0.3 is 10.6 Å². The number of anilines is 3. The van der Waals surface area contributed by atoms with Gasteiger partial charge in [0.1, 0.15) is 0 Å². The normalized spacial score (nSPS) is 10.2. The van der Waals surface area contributed by atoms with Crippen molar-refractivity contribution in [1.82, 2.24) is 4.98 Å². The molecule has 17 heavy (non-hydrogen) atoms. The number of benzene rings is 1. The Morgan fingerprint density at radius 3 is 2.59 bits per heavy atom. The van der Waals surface area contributed by atoms with Crippen molar-refractivity contribution >= 4 is 28.8 Å². The minimum Gasteiger partial charge on any atom is -0.397 e. The summed E-state index contributed by atoms with van der Waals surface area (Å²) >= 11 is 6.17. The fraction of sp³-hybridized carbons (Fsp3) is 0.154. The maximum atomic E-state index is 6.17. The zero-order valence-corrected chi connectivity index (χ0v) is 10.4. The van der Waals surface area contributed by atoms with Crippen molar-refractivity contribution < 1.29 is 0 Å². The molecule has 2 N–H and O–H groups in total. The van der Waals surface area contributed by atoms with Gasteiger partial charge in [0, 0.05) is 12.2 Å². The van der Waals surface area contributed by atoms with Crippen LogP contribution in [-0.2, 0) is 0 Å². The molecule has 1 aromatic heterocycles. The molecule has 2 aromatic rings. The van der Waals surface area contributed by atoms with E-state index >= 15 is 0 Å². The van der Waals surface area contributed by atoms with Crippen molar-refractivity contribution in [1.29, 1.82) is 0 Å². The van der Waals surface area contributed by atoms with E-state index in [1.165, 1.54) is 0 Å². The molecule has 1 heterocycles. The molecule has 0 aliphatic heterocycles. The monoisotopic (exact) mass is 247 g/mol. The van der Waals surface area contributed by atoms with Crippen LogP contribution in [-0.4, -0.2) is 11.5 Å². The van der Waals surface area contributed by atoms with Gasteiger partial charge in [0.2, 0.25) is 0 Å². The second kappa shape index (κ2) is 5.06. The average molecular weight is 248 g/mol. The van der Waals surface area contributed by atoms with E-state index in [1.54, 1.807) is 12.3 Å². The number of hydrogen-bond acceptors (Lipinski definition) is 3. The highest BCUT2D eigenvalue weighted by atomic mass is 35.5. The van der Waals surface area contributed by atoms with E-state index in [0.717, 1.165) is 18.1 Å². The summed E-state index contributed by atoms with van der Waals surface area (Å²) in [6.07, 6.45) is 1.62. The van der Waals surface area contributed by atoms with Crippen LogP contribution in [0.2, 0.25) is 5.02 Å². The number of para-hydroxylation sites is 1. The van der Waals surface area contributed by atoms with E-state index in [-0.39, 0.29) is 0 Å². The number of pyridine rings is 1. The maximum absolute atomic E-state index is 6.17. The highest BCUT2D eigenvalue weighted by Gasteiger charge is 2.12. The summed E-state index contributed by atoms with van der Waals surface area (Å²) in [5.74, 6) is 0.731. The topological polar surface area (TPSA) is 42.2 Å². The van der Waals surface area contributed by atoms with Crippen molar-refractivity contribution in [3.63, 3.8) is 0 Å². The third-order valence-corrected chi connectivity index (χ3v) is 2.76. The fourth-order valence-corrected chi connectivity index (χ4v) is 1.98. The number of nitrogens with zero attached hydrogens (tertiary/aromatic N) is 2. The Hall–Kier alpha value is -1.74. The van der Waals surface area contributed by atoms with Gasteiger partial charge in [0.25, 0.3) is 0 Å². The highest BCUT2D eigenvalue weighted by molar-refractivity contribution is 6.33. The SMILES string of the molecule is CCN(c1ccccc1)c1ncc(N)cc1Cl. The molecule has 0 atom stereocenters. The second-order valence-electron chi connectivity index (χ2n) is 3.65. The number of hydrogen-bond donors (Lipinski definition) is 1. The largest absolute Gasteiger partial charge is 0.397 e. The molecule has 1 aromatic carbocycles. The van der Waals surface area contributed by atoms with E-state index in [2.05, 4.69) is 11.9 Å².